The third kappa shape index (κ3) is 2.03. The molecular weight excluding hydrogens is 258 g/mol. The van der Waals surface area contributed by atoms with Gasteiger partial charge in [0.15, 0.2) is 5.82 Å². The summed E-state index contributed by atoms with van der Waals surface area (Å²) in [6.07, 6.45) is 0. The smallest absolute Gasteiger partial charge is 0.336 e. The second kappa shape index (κ2) is 4.67. The van der Waals surface area contributed by atoms with Crippen LogP contribution in [-0.4, -0.2) is 34.6 Å². The highest BCUT2D eigenvalue weighted by Gasteiger charge is 2.17. The minimum atomic E-state index is -2.52. The van der Waals surface area contributed by atoms with Gasteiger partial charge in [-0.2, -0.15) is 0 Å². The second-order valence-corrected chi connectivity index (χ2v) is 4.29. The fraction of sp³-hybridized carbons (Fsp3) is 0.100. The molecule has 0 radical (unpaired) electrons. The molecule has 1 aromatic carbocycles. The number of benzene rings is 1. The van der Waals surface area contributed by atoms with Gasteiger partial charge in [0, 0.05) is 23.7 Å². The maximum absolute atomic E-state index is 11.1. The van der Waals surface area contributed by atoms with E-state index in [9.17, 15) is 13.6 Å². The second-order valence-electron chi connectivity index (χ2n) is 3.45. The SMILES string of the molecule is Cn1c(-c2ccccc2C(=O)O)nnc1S(=O)[O-]. The summed E-state index contributed by atoms with van der Waals surface area (Å²) in [7, 11) is 1.46. The number of aromatic carboxylic acids is 1. The Balaban J connectivity index is 2.63. The van der Waals surface area contributed by atoms with Crippen molar-refractivity contribution in [3.8, 4) is 11.4 Å². The van der Waals surface area contributed by atoms with Crippen LogP contribution in [0.15, 0.2) is 29.4 Å². The molecule has 18 heavy (non-hydrogen) atoms. The molecule has 94 valence electrons. The van der Waals surface area contributed by atoms with Gasteiger partial charge in [0.05, 0.1) is 5.56 Å². The lowest BCUT2D eigenvalue weighted by Gasteiger charge is -2.07. The summed E-state index contributed by atoms with van der Waals surface area (Å²) >= 11 is -2.52. The molecule has 0 saturated heterocycles. The van der Waals surface area contributed by atoms with Gasteiger partial charge in [-0.3, -0.25) is 4.21 Å². The van der Waals surface area contributed by atoms with Gasteiger partial charge >= 0.3 is 5.97 Å². The highest BCUT2D eigenvalue weighted by Crippen LogP contribution is 2.22. The van der Waals surface area contributed by atoms with Crippen molar-refractivity contribution >= 4 is 17.0 Å². The van der Waals surface area contributed by atoms with Gasteiger partial charge in [0.25, 0.3) is 0 Å². The number of hydrogen-bond donors (Lipinski definition) is 1. The quantitative estimate of drug-likeness (QED) is 0.806. The highest BCUT2D eigenvalue weighted by atomic mass is 32.2. The number of hydrogen-bond acceptors (Lipinski definition) is 5. The van der Waals surface area contributed by atoms with E-state index in [1.165, 1.54) is 17.7 Å². The van der Waals surface area contributed by atoms with Crippen molar-refractivity contribution in [3.63, 3.8) is 0 Å². The topological polar surface area (TPSA) is 108 Å². The summed E-state index contributed by atoms with van der Waals surface area (Å²) in [6, 6.07) is 6.19. The average molecular weight is 266 g/mol. The van der Waals surface area contributed by atoms with Gasteiger partial charge in [0.1, 0.15) is 0 Å². The largest absolute Gasteiger partial charge is 0.766 e. The number of carboxylic acid groups (broad SMARTS) is 1. The summed E-state index contributed by atoms with van der Waals surface area (Å²) in [4.78, 5) is 11.1. The Bertz CT molecular complexity index is 638. The first-order valence-corrected chi connectivity index (χ1v) is 5.91. The van der Waals surface area contributed by atoms with Crippen LogP contribution in [0.3, 0.4) is 0 Å². The van der Waals surface area contributed by atoms with Crippen LogP contribution in [0.5, 0.6) is 0 Å². The van der Waals surface area contributed by atoms with Gasteiger partial charge in [-0.15, -0.1) is 10.2 Å². The van der Waals surface area contributed by atoms with Gasteiger partial charge in [-0.05, 0) is 6.07 Å². The van der Waals surface area contributed by atoms with Crippen LogP contribution in [0.25, 0.3) is 11.4 Å². The molecule has 0 bridgehead atoms. The van der Waals surface area contributed by atoms with Gasteiger partial charge in [0.2, 0.25) is 5.16 Å². The first-order chi connectivity index (χ1) is 8.52. The first kappa shape index (κ1) is 12.4. The number of carbonyl (C=O) groups is 1. The Morgan fingerprint density at radius 3 is 2.61 bits per heavy atom. The third-order valence-corrected chi connectivity index (χ3v) is 3.04. The molecule has 0 spiro atoms. The molecule has 2 rings (SSSR count). The van der Waals surface area contributed by atoms with Gasteiger partial charge in [-0.1, -0.05) is 18.2 Å². The van der Waals surface area contributed by atoms with Crippen molar-refractivity contribution in [1.29, 1.82) is 0 Å². The lowest BCUT2D eigenvalue weighted by molar-refractivity contribution is 0.0697. The molecule has 8 heteroatoms. The third-order valence-electron chi connectivity index (χ3n) is 2.38. The number of aromatic nitrogens is 3. The highest BCUT2D eigenvalue weighted by molar-refractivity contribution is 7.79. The van der Waals surface area contributed by atoms with Gasteiger partial charge < -0.3 is 14.2 Å². The molecule has 0 fully saturated rings. The summed E-state index contributed by atoms with van der Waals surface area (Å²) in [5, 5.41) is 16.0. The van der Waals surface area contributed by atoms with E-state index in [1.807, 2.05) is 0 Å². The predicted molar refractivity (Wildman–Crippen MR) is 60.6 cm³/mol. The summed E-state index contributed by atoms with van der Waals surface area (Å²) in [6.45, 7) is 0. The molecule has 0 aliphatic heterocycles. The van der Waals surface area contributed by atoms with E-state index in [-0.39, 0.29) is 16.5 Å². The average Bonchev–Trinajstić information content (AvgIpc) is 2.71. The molecule has 1 N–H and O–H groups in total. The van der Waals surface area contributed by atoms with Crippen molar-refractivity contribution in [2.45, 2.75) is 5.16 Å². The minimum Gasteiger partial charge on any atom is -0.766 e. The van der Waals surface area contributed by atoms with E-state index in [4.69, 9.17) is 5.11 Å². The lowest BCUT2D eigenvalue weighted by Crippen LogP contribution is -2.05. The zero-order valence-corrected chi connectivity index (χ0v) is 10.0. The lowest BCUT2D eigenvalue weighted by atomic mass is 10.1. The number of rotatable bonds is 3. The summed E-state index contributed by atoms with van der Waals surface area (Å²) in [5.41, 5.74) is 0.355. The maximum Gasteiger partial charge on any atom is 0.336 e. The van der Waals surface area contributed by atoms with Crippen molar-refractivity contribution in [2.75, 3.05) is 0 Å². The molecule has 2 aromatic rings. The monoisotopic (exact) mass is 266 g/mol. The first-order valence-electron chi connectivity index (χ1n) is 4.83. The molecule has 0 aliphatic rings. The fourth-order valence-electron chi connectivity index (χ4n) is 1.56. The van der Waals surface area contributed by atoms with Crippen molar-refractivity contribution < 1.29 is 18.7 Å². The van der Waals surface area contributed by atoms with Crippen LogP contribution in [0, 0.1) is 0 Å². The van der Waals surface area contributed by atoms with Crippen LogP contribution in [-0.2, 0) is 18.1 Å². The van der Waals surface area contributed by atoms with E-state index in [1.54, 1.807) is 18.2 Å². The van der Waals surface area contributed by atoms with E-state index in [0.717, 1.165) is 0 Å². The molecule has 0 saturated carbocycles. The Morgan fingerprint density at radius 2 is 2.06 bits per heavy atom. The van der Waals surface area contributed by atoms with E-state index in [0.29, 0.717) is 5.56 Å². The Morgan fingerprint density at radius 1 is 1.39 bits per heavy atom. The zero-order valence-electron chi connectivity index (χ0n) is 9.23. The molecule has 1 aromatic heterocycles. The molecule has 1 atom stereocenters. The van der Waals surface area contributed by atoms with Gasteiger partial charge in [-0.25, -0.2) is 4.79 Å². The van der Waals surface area contributed by atoms with E-state index >= 15 is 0 Å². The molecule has 1 heterocycles. The fourth-order valence-corrected chi connectivity index (χ4v) is 1.98. The normalized spacial score (nSPS) is 12.3. The molecule has 1 unspecified atom stereocenters. The van der Waals surface area contributed by atoms with Crippen LogP contribution < -0.4 is 0 Å². The van der Waals surface area contributed by atoms with Crippen molar-refractivity contribution in [2.24, 2.45) is 7.05 Å². The summed E-state index contributed by atoms with van der Waals surface area (Å²) in [5.74, 6) is -0.925. The van der Waals surface area contributed by atoms with Crippen LogP contribution in [0.2, 0.25) is 0 Å². The van der Waals surface area contributed by atoms with Crippen LogP contribution in [0.1, 0.15) is 10.4 Å². The Kier molecular flexibility index (Phi) is 3.21. The van der Waals surface area contributed by atoms with E-state index in [2.05, 4.69) is 10.2 Å². The standard InChI is InChI=1S/C10H9N3O4S/c1-13-8(11-12-10(13)18(16)17)6-4-2-3-5-7(6)9(14)15/h2-5H,1H3,(H,14,15)(H,16,17)/p-1. The minimum absolute atomic E-state index is 0.0382. The number of carboxylic acids is 1. The van der Waals surface area contributed by atoms with Crippen molar-refractivity contribution in [3.05, 3.63) is 29.8 Å². The van der Waals surface area contributed by atoms with Crippen LogP contribution >= 0.6 is 0 Å². The zero-order chi connectivity index (χ0) is 13.3. The molecule has 0 aliphatic carbocycles. The Hall–Kier alpha value is -2.06. The Labute approximate surface area is 104 Å². The molecule has 0 amide bonds. The summed E-state index contributed by atoms with van der Waals surface area (Å²) < 4.78 is 22.9. The maximum atomic E-state index is 11.1. The van der Waals surface area contributed by atoms with Crippen molar-refractivity contribution in [1.82, 2.24) is 14.8 Å². The molecule has 7 nitrogen and oxygen atoms in total. The van der Waals surface area contributed by atoms with Crippen LogP contribution in [0.4, 0.5) is 0 Å². The molecular formula is C10H8N3O4S-. The van der Waals surface area contributed by atoms with E-state index < -0.39 is 17.0 Å². The number of nitrogens with zero attached hydrogens (tertiary/aromatic N) is 3. The predicted octanol–water partition coefficient (Wildman–Crippen LogP) is 0.418.